The monoisotopic (exact) mass is 513 g/mol. The molecule has 202 valence electrons. The van der Waals surface area contributed by atoms with Crippen molar-refractivity contribution >= 4 is 5.91 Å². The van der Waals surface area contributed by atoms with Gasteiger partial charge in [0.1, 0.15) is 6.61 Å². The largest absolute Gasteiger partial charge is 0.493 e. The van der Waals surface area contributed by atoms with Crippen molar-refractivity contribution in [2.24, 2.45) is 5.73 Å². The SMILES string of the molecule is COc1cc(-n2c(=O)[nH][nH]c2=O)ccc1OCCNC(=O)CCOCCOCCOCCOCCN. The molecule has 36 heavy (non-hydrogen) atoms. The molecule has 1 amide bonds. The molecule has 0 aliphatic carbocycles. The van der Waals surface area contributed by atoms with Crippen LogP contribution in [0, 0.1) is 0 Å². The number of nitrogens with two attached hydrogens (primary N) is 1. The first-order valence-corrected chi connectivity index (χ1v) is 11.6. The third kappa shape index (κ3) is 10.6. The van der Waals surface area contributed by atoms with Gasteiger partial charge in [-0.05, 0) is 12.1 Å². The first kappa shape index (κ1) is 29.1. The van der Waals surface area contributed by atoms with Crippen LogP contribution in [0.4, 0.5) is 0 Å². The molecule has 0 aliphatic rings. The van der Waals surface area contributed by atoms with Crippen LogP contribution in [-0.2, 0) is 23.7 Å². The number of aromatic nitrogens is 3. The molecule has 1 aromatic carbocycles. The van der Waals surface area contributed by atoms with Crippen molar-refractivity contribution < 1.29 is 33.2 Å². The van der Waals surface area contributed by atoms with Crippen molar-refractivity contribution in [3.63, 3.8) is 0 Å². The summed E-state index contributed by atoms with van der Waals surface area (Å²) < 4.78 is 33.1. The number of nitrogens with one attached hydrogen (secondary N) is 3. The quantitative estimate of drug-likeness (QED) is 0.157. The molecule has 0 unspecified atom stereocenters. The average molecular weight is 514 g/mol. The highest BCUT2D eigenvalue weighted by Crippen LogP contribution is 2.28. The van der Waals surface area contributed by atoms with Gasteiger partial charge in [-0.3, -0.25) is 4.79 Å². The molecule has 2 aromatic rings. The molecule has 2 rings (SSSR count). The van der Waals surface area contributed by atoms with Crippen molar-refractivity contribution in [2.75, 3.05) is 79.7 Å². The summed E-state index contributed by atoms with van der Waals surface area (Å²) >= 11 is 0. The van der Waals surface area contributed by atoms with Crippen molar-refractivity contribution in [2.45, 2.75) is 6.42 Å². The van der Waals surface area contributed by atoms with Gasteiger partial charge in [0.05, 0.1) is 72.2 Å². The molecule has 0 aliphatic heterocycles. The van der Waals surface area contributed by atoms with Crippen LogP contribution in [0.15, 0.2) is 27.8 Å². The van der Waals surface area contributed by atoms with Gasteiger partial charge in [-0.1, -0.05) is 0 Å². The highest BCUT2D eigenvalue weighted by molar-refractivity contribution is 5.75. The number of methoxy groups -OCH3 is 1. The first-order chi connectivity index (χ1) is 17.6. The predicted octanol–water partition coefficient (Wildman–Crippen LogP) is -1.23. The van der Waals surface area contributed by atoms with Crippen LogP contribution in [-0.4, -0.2) is 100 Å². The van der Waals surface area contributed by atoms with Gasteiger partial charge >= 0.3 is 11.4 Å². The van der Waals surface area contributed by atoms with E-state index in [1.165, 1.54) is 13.2 Å². The van der Waals surface area contributed by atoms with Crippen LogP contribution < -0.4 is 31.9 Å². The number of carbonyl (C=O) groups is 1. The second-order valence-electron chi connectivity index (χ2n) is 7.22. The Morgan fingerprint density at radius 1 is 0.861 bits per heavy atom. The van der Waals surface area contributed by atoms with Gasteiger partial charge in [0.2, 0.25) is 5.91 Å². The van der Waals surface area contributed by atoms with Gasteiger partial charge in [-0.25, -0.2) is 24.4 Å². The van der Waals surface area contributed by atoms with Crippen LogP contribution in [0.5, 0.6) is 11.5 Å². The van der Waals surface area contributed by atoms with E-state index in [2.05, 4.69) is 15.5 Å². The fourth-order valence-corrected chi connectivity index (χ4v) is 2.91. The standard InChI is InChI=1S/C22H35N5O9/c1-31-19-16-17(27-21(29)25-26-22(27)30)2-3-18(19)36-9-6-24-20(28)4-7-32-10-12-34-14-15-35-13-11-33-8-5-23/h2-3,16H,4-15,23H2,1H3,(H,24,28)(H,25,29)(H,26,30). The smallest absolute Gasteiger partial charge is 0.348 e. The molecule has 1 heterocycles. The maximum Gasteiger partial charge on any atom is 0.348 e. The lowest BCUT2D eigenvalue weighted by molar-refractivity contribution is -0.122. The van der Waals surface area contributed by atoms with Crippen molar-refractivity contribution in [1.82, 2.24) is 20.1 Å². The summed E-state index contributed by atoms with van der Waals surface area (Å²) in [6.45, 7) is 4.51. The van der Waals surface area contributed by atoms with E-state index < -0.39 is 11.4 Å². The first-order valence-electron chi connectivity index (χ1n) is 11.6. The molecule has 0 radical (unpaired) electrons. The Bertz CT molecular complexity index is 977. The van der Waals surface area contributed by atoms with Gasteiger partial charge in [0, 0.05) is 19.0 Å². The number of hydrogen-bond acceptors (Lipinski definition) is 10. The molecule has 0 spiro atoms. The number of H-pyrrole nitrogens is 2. The summed E-state index contributed by atoms with van der Waals surface area (Å²) in [5.74, 6) is 0.576. The van der Waals surface area contributed by atoms with Crippen molar-refractivity contribution in [1.29, 1.82) is 0 Å². The highest BCUT2D eigenvalue weighted by atomic mass is 16.6. The number of rotatable bonds is 20. The number of carbonyl (C=O) groups excluding carboxylic acids is 1. The maximum absolute atomic E-state index is 11.9. The third-order valence-corrected chi connectivity index (χ3v) is 4.62. The minimum absolute atomic E-state index is 0.168. The molecular formula is C22H35N5O9. The molecule has 0 saturated carbocycles. The average Bonchev–Trinajstić information content (AvgIpc) is 3.22. The van der Waals surface area contributed by atoms with Crippen molar-refractivity contribution in [3.05, 3.63) is 39.2 Å². The molecular weight excluding hydrogens is 478 g/mol. The summed E-state index contributed by atoms with van der Waals surface area (Å²) in [6.07, 6.45) is 0.212. The minimum Gasteiger partial charge on any atom is -0.493 e. The number of aromatic amines is 2. The van der Waals surface area contributed by atoms with E-state index in [1.807, 2.05) is 0 Å². The molecule has 5 N–H and O–H groups in total. The minimum atomic E-state index is -0.597. The summed E-state index contributed by atoms with van der Waals surface area (Å²) in [6, 6.07) is 4.63. The Hall–Kier alpha value is -3.17. The van der Waals surface area contributed by atoms with Crippen molar-refractivity contribution in [3.8, 4) is 17.2 Å². The number of amides is 1. The van der Waals surface area contributed by atoms with Crippen LogP contribution >= 0.6 is 0 Å². The van der Waals surface area contributed by atoms with Gasteiger partial charge in [0.15, 0.2) is 11.5 Å². The molecule has 14 nitrogen and oxygen atoms in total. The predicted molar refractivity (Wildman–Crippen MR) is 129 cm³/mol. The summed E-state index contributed by atoms with van der Waals surface area (Å²) in [7, 11) is 1.44. The maximum atomic E-state index is 11.9. The van der Waals surface area contributed by atoms with Crippen LogP contribution in [0.25, 0.3) is 5.69 Å². The van der Waals surface area contributed by atoms with E-state index in [-0.39, 0.29) is 32.1 Å². The van der Waals surface area contributed by atoms with Crippen LogP contribution in [0.2, 0.25) is 0 Å². The Balaban J connectivity index is 1.52. The van der Waals surface area contributed by atoms with E-state index in [9.17, 15) is 14.4 Å². The van der Waals surface area contributed by atoms with Crippen LogP contribution in [0.1, 0.15) is 6.42 Å². The summed E-state index contributed by atoms with van der Waals surface area (Å²) in [4.78, 5) is 35.4. The number of nitrogens with zero attached hydrogens (tertiary/aromatic N) is 1. The fraction of sp³-hybridized carbons (Fsp3) is 0.591. The number of benzene rings is 1. The zero-order chi connectivity index (χ0) is 26.0. The van der Waals surface area contributed by atoms with Gasteiger partial charge < -0.3 is 39.5 Å². The normalized spacial score (nSPS) is 10.9. The van der Waals surface area contributed by atoms with E-state index in [4.69, 9.17) is 34.2 Å². The lowest BCUT2D eigenvalue weighted by Crippen LogP contribution is -2.29. The molecule has 14 heteroatoms. The molecule has 1 aromatic heterocycles. The number of hydrogen-bond donors (Lipinski definition) is 4. The van der Waals surface area contributed by atoms with E-state index in [0.717, 1.165) is 4.57 Å². The summed E-state index contributed by atoms with van der Waals surface area (Å²) in [5, 5.41) is 7.16. The van der Waals surface area contributed by atoms with Gasteiger partial charge in [-0.2, -0.15) is 0 Å². The second-order valence-corrected chi connectivity index (χ2v) is 7.22. The summed E-state index contributed by atoms with van der Waals surface area (Å²) in [5.41, 5.74) is 4.44. The topological polar surface area (TPSA) is 181 Å². The van der Waals surface area contributed by atoms with Gasteiger partial charge in [0.25, 0.3) is 0 Å². The van der Waals surface area contributed by atoms with E-state index >= 15 is 0 Å². The van der Waals surface area contributed by atoms with Gasteiger partial charge in [-0.15, -0.1) is 0 Å². The number of ether oxygens (including phenoxy) is 6. The van der Waals surface area contributed by atoms with E-state index in [0.29, 0.717) is 70.0 Å². The van der Waals surface area contributed by atoms with E-state index in [1.54, 1.807) is 12.1 Å². The highest BCUT2D eigenvalue weighted by Gasteiger charge is 2.11. The zero-order valence-corrected chi connectivity index (χ0v) is 20.4. The lowest BCUT2D eigenvalue weighted by Gasteiger charge is -2.12. The molecule has 0 atom stereocenters. The molecule has 0 fully saturated rings. The third-order valence-electron chi connectivity index (χ3n) is 4.62. The molecule has 0 saturated heterocycles. The molecule has 0 bridgehead atoms. The zero-order valence-electron chi connectivity index (χ0n) is 20.4. The Labute approximate surface area is 207 Å². The lowest BCUT2D eigenvalue weighted by atomic mass is 10.2. The fourth-order valence-electron chi connectivity index (χ4n) is 2.91. The van der Waals surface area contributed by atoms with Crippen LogP contribution in [0.3, 0.4) is 0 Å². The second kappa shape index (κ2) is 17.3. The Morgan fingerprint density at radius 3 is 2.03 bits per heavy atom. The Morgan fingerprint density at radius 2 is 1.44 bits per heavy atom. The Kier molecular flexibility index (Phi) is 14.0.